The van der Waals surface area contributed by atoms with Crippen molar-refractivity contribution in [3.63, 3.8) is 0 Å². The van der Waals surface area contributed by atoms with Crippen molar-refractivity contribution in [2.24, 2.45) is 0 Å². The summed E-state index contributed by atoms with van der Waals surface area (Å²) in [6.45, 7) is 7.38. The number of rotatable bonds is 11. The zero-order chi connectivity index (χ0) is 13.1. The van der Waals surface area contributed by atoms with Gasteiger partial charge in [-0.15, -0.1) is 0 Å². The predicted molar refractivity (Wildman–Crippen MR) is 73.7 cm³/mol. The normalized spacial score (nSPS) is 11.0. The van der Waals surface area contributed by atoms with Crippen molar-refractivity contribution < 1.29 is 9.47 Å². The van der Waals surface area contributed by atoms with Crippen LogP contribution in [0.4, 0.5) is 0 Å². The Morgan fingerprint density at radius 3 is 2.94 bits per heavy atom. The molecule has 0 fully saturated rings. The van der Waals surface area contributed by atoms with Crippen LogP contribution in [0.2, 0.25) is 0 Å². The molecule has 0 aliphatic heterocycles. The quantitative estimate of drug-likeness (QED) is 0.614. The second-order valence-electron chi connectivity index (χ2n) is 4.33. The summed E-state index contributed by atoms with van der Waals surface area (Å²) in [5, 5.41) is 3.43. The molecular formula is C14H26N2O2. The van der Waals surface area contributed by atoms with E-state index in [-0.39, 0.29) is 0 Å². The molecule has 1 rings (SSSR count). The minimum atomic E-state index is 0.676. The van der Waals surface area contributed by atoms with E-state index >= 15 is 0 Å². The molecule has 0 bridgehead atoms. The Hall–Kier alpha value is -0.840. The van der Waals surface area contributed by atoms with Crippen molar-refractivity contribution in [3.8, 4) is 0 Å². The molecule has 0 saturated carbocycles. The molecule has 0 unspecified atom stereocenters. The predicted octanol–water partition coefficient (Wildman–Crippen LogP) is 2.04. The molecule has 0 aromatic carbocycles. The third-order valence-electron chi connectivity index (χ3n) is 2.78. The lowest BCUT2D eigenvalue weighted by atomic mass is 10.3. The van der Waals surface area contributed by atoms with Crippen LogP contribution in [0.1, 0.15) is 25.5 Å². The number of ether oxygens (including phenoxy) is 2. The zero-order valence-electron chi connectivity index (χ0n) is 11.7. The maximum absolute atomic E-state index is 5.46. The van der Waals surface area contributed by atoms with Crippen molar-refractivity contribution >= 4 is 0 Å². The number of nitrogens with zero attached hydrogens (tertiary/aromatic N) is 1. The largest absolute Gasteiger partial charge is 0.382 e. The number of hydrogen-bond acceptors (Lipinski definition) is 3. The fraction of sp³-hybridized carbons (Fsp3) is 0.714. The maximum Gasteiger partial charge on any atom is 0.0700 e. The first-order chi connectivity index (χ1) is 8.88. The number of hydrogen-bond donors (Lipinski definition) is 1. The van der Waals surface area contributed by atoms with Gasteiger partial charge in [-0.1, -0.05) is 6.92 Å². The van der Waals surface area contributed by atoms with Crippen molar-refractivity contribution in [3.05, 3.63) is 24.0 Å². The van der Waals surface area contributed by atoms with Crippen LogP contribution in [0.15, 0.2) is 18.3 Å². The summed E-state index contributed by atoms with van der Waals surface area (Å²) in [4.78, 5) is 0. The third-order valence-corrected chi connectivity index (χ3v) is 2.78. The Bertz CT molecular complexity index is 300. The van der Waals surface area contributed by atoms with Crippen molar-refractivity contribution in [2.75, 3.05) is 33.5 Å². The third kappa shape index (κ3) is 6.19. The first-order valence-corrected chi connectivity index (χ1v) is 6.80. The molecule has 4 nitrogen and oxygen atoms in total. The number of methoxy groups -OCH3 is 1. The topological polar surface area (TPSA) is 35.4 Å². The molecule has 1 aromatic rings. The molecule has 18 heavy (non-hydrogen) atoms. The molecule has 1 aromatic heterocycles. The van der Waals surface area contributed by atoms with Gasteiger partial charge in [-0.3, -0.25) is 0 Å². The standard InChI is InChI=1S/C14H26N2O2/c1-3-7-15-13-14-6-4-8-16(14)9-5-10-18-12-11-17-2/h4,6,8,15H,3,5,7,9-13H2,1-2H3. The Morgan fingerprint density at radius 1 is 1.28 bits per heavy atom. The van der Waals surface area contributed by atoms with E-state index in [1.165, 1.54) is 12.1 Å². The highest BCUT2D eigenvalue weighted by molar-refractivity contribution is 5.06. The monoisotopic (exact) mass is 254 g/mol. The summed E-state index contributed by atoms with van der Waals surface area (Å²) in [5.41, 5.74) is 1.35. The first-order valence-electron chi connectivity index (χ1n) is 6.80. The number of aryl methyl sites for hydroxylation is 1. The highest BCUT2D eigenvalue weighted by Crippen LogP contribution is 2.03. The summed E-state index contributed by atoms with van der Waals surface area (Å²) < 4.78 is 12.7. The Labute approximate surface area is 110 Å². The summed E-state index contributed by atoms with van der Waals surface area (Å²) in [5.74, 6) is 0. The lowest BCUT2D eigenvalue weighted by Gasteiger charge is -2.10. The second kappa shape index (κ2) is 10.1. The van der Waals surface area contributed by atoms with Crippen molar-refractivity contribution in [1.82, 2.24) is 9.88 Å². The number of aromatic nitrogens is 1. The molecule has 4 heteroatoms. The molecule has 0 amide bonds. The van der Waals surface area contributed by atoms with Gasteiger partial charge >= 0.3 is 0 Å². The van der Waals surface area contributed by atoms with E-state index in [0.717, 1.165) is 32.7 Å². The van der Waals surface area contributed by atoms with Crippen molar-refractivity contribution in [2.45, 2.75) is 32.9 Å². The SMILES string of the molecule is CCCNCc1cccn1CCCOCCOC. The van der Waals surface area contributed by atoms with Gasteiger partial charge in [-0.05, 0) is 31.5 Å². The molecule has 1 heterocycles. The average Bonchev–Trinajstić information content (AvgIpc) is 2.82. The Morgan fingerprint density at radius 2 is 2.17 bits per heavy atom. The van der Waals surface area contributed by atoms with E-state index in [1.54, 1.807) is 7.11 Å². The van der Waals surface area contributed by atoms with Gasteiger partial charge in [0.15, 0.2) is 0 Å². The van der Waals surface area contributed by atoms with Crippen LogP contribution >= 0.6 is 0 Å². The molecule has 0 saturated heterocycles. The van der Waals surface area contributed by atoms with Gasteiger partial charge < -0.3 is 19.4 Å². The van der Waals surface area contributed by atoms with E-state index in [0.29, 0.717) is 13.2 Å². The van der Waals surface area contributed by atoms with Crippen LogP contribution in [-0.4, -0.2) is 38.0 Å². The van der Waals surface area contributed by atoms with E-state index in [2.05, 4.69) is 35.1 Å². The maximum atomic E-state index is 5.46. The van der Waals surface area contributed by atoms with Crippen molar-refractivity contribution in [1.29, 1.82) is 0 Å². The van der Waals surface area contributed by atoms with Crippen LogP contribution in [0, 0.1) is 0 Å². The molecule has 0 atom stereocenters. The summed E-state index contributed by atoms with van der Waals surface area (Å²) >= 11 is 0. The van der Waals surface area contributed by atoms with E-state index < -0.39 is 0 Å². The van der Waals surface area contributed by atoms with Gasteiger partial charge in [0, 0.05) is 38.7 Å². The Balaban J connectivity index is 2.15. The van der Waals surface area contributed by atoms with Gasteiger partial charge in [0.05, 0.1) is 13.2 Å². The van der Waals surface area contributed by atoms with E-state index in [4.69, 9.17) is 9.47 Å². The fourth-order valence-corrected chi connectivity index (χ4v) is 1.80. The van der Waals surface area contributed by atoms with Gasteiger partial charge in [0.1, 0.15) is 0 Å². The lowest BCUT2D eigenvalue weighted by molar-refractivity contribution is 0.0679. The lowest BCUT2D eigenvalue weighted by Crippen LogP contribution is -2.17. The highest BCUT2D eigenvalue weighted by atomic mass is 16.5. The molecule has 0 radical (unpaired) electrons. The zero-order valence-corrected chi connectivity index (χ0v) is 11.7. The molecular weight excluding hydrogens is 228 g/mol. The smallest absolute Gasteiger partial charge is 0.0700 e. The van der Waals surface area contributed by atoms with Crippen LogP contribution in [0.25, 0.3) is 0 Å². The first kappa shape index (κ1) is 15.2. The van der Waals surface area contributed by atoms with Crippen LogP contribution in [-0.2, 0) is 22.6 Å². The summed E-state index contributed by atoms with van der Waals surface area (Å²) in [6.07, 6.45) is 4.35. The molecule has 0 aliphatic rings. The fourth-order valence-electron chi connectivity index (χ4n) is 1.80. The number of nitrogens with one attached hydrogen (secondary N) is 1. The highest BCUT2D eigenvalue weighted by Gasteiger charge is 2.00. The molecule has 0 aliphatic carbocycles. The van der Waals surface area contributed by atoms with Crippen LogP contribution in [0.3, 0.4) is 0 Å². The minimum Gasteiger partial charge on any atom is -0.382 e. The van der Waals surface area contributed by atoms with Gasteiger partial charge in [0.2, 0.25) is 0 Å². The average molecular weight is 254 g/mol. The minimum absolute atomic E-state index is 0.676. The van der Waals surface area contributed by atoms with Gasteiger partial charge in [-0.25, -0.2) is 0 Å². The summed E-state index contributed by atoms with van der Waals surface area (Å²) in [6, 6.07) is 4.28. The van der Waals surface area contributed by atoms with Gasteiger partial charge in [0.25, 0.3) is 0 Å². The Kier molecular flexibility index (Phi) is 8.55. The molecule has 104 valence electrons. The van der Waals surface area contributed by atoms with Crippen LogP contribution in [0.5, 0.6) is 0 Å². The molecule has 0 spiro atoms. The second-order valence-corrected chi connectivity index (χ2v) is 4.33. The van der Waals surface area contributed by atoms with Crippen LogP contribution < -0.4 is 5.32 Å². The molecule has 1 N–H and O–H groups in total. The van der Waals surface area contributed by atoms with Gasteiger partial charge in [-0.2, -0.15) is 0 Å². The van der Waals surface area contributed by atoms with E-state index in [9.17, 15) is 0 Å². The summed E-state index contributed by atoms with van der Waals surface area (Å²) in [7, 11) is 1.69. The van der Waals surface area contributed by atoms with E-state index in [1.807, 2.05) is 0 Å².